The molecule has 1 unspecified atom stereocenters. The van der Waals surface area contributed by atoms with E-state index < -0.39 is 11.9 Å². The quantitative estimate of drug-likeness (QED) is 0.0781. The van der Waals surface area contributed by atoms with Crippen LogP contribution in [-0.4, -0.2) is 95.7 Å². The lowest BCUT2D eigenvalue weighted by molar-refractivity contribution is -0.137. The molecule has 0 radical (unpaired) electrons. The summed E-state index contributed by atoms with van der Waals surface area (Å²) in [5.74, 6) is 0.926. The van der Waals surface area contributed by atoms with E-state index in [0.29, 0.717) is 85.7 Å². The largest absolute Gasteiger partial charge is 0.496 e. The van der Waals surface area contributed by atoms with Crippen molar-refractivity contribution in [1.82, 2.24) is 20.2 Å². The Morgan fingerprint density at radius 1 is 0.952 bits per heavy atom. The predicted octanol–water partition coefficient (Wildman–Crippen LogP) is 6.33. The zero-order chi connectivity index (χ0) is 43.0. The van der Waals surface area contributed by atoms with Crippen molar-refractivity contribution < 1.29 is 38.2 Å². The van der Waals surface area contributed by atoms with Crippen molar-refractivity contribution in [3.8, 4) is 5.75 Å². The highest BCUT2D eigenvalue weighted by Gasteiger charge is 2.42. The lowest BCUT2D eigenvalue weighted by Crippen LogP contribution is -2.55. The number of rotatable bonds is 19. The van der Waals surface area contributed by atoms with Gasteiger partial charge >= 0.3 is 0 Å². The van der Waals surface area contributed by atoms with E-state index in [-0.39, 0.29) is 73.3 Å². The molecule has 16 heteroatoms. The number of halogens is 1. The fourth-order valence-corrected chi connectivity index (χ4v) is 9.08. The highest BCUT2D eigenvalue weighted by molar-refractivity contribution is 6.07. The summed E-state index contributed by atoms with van der Waals surface area (Å²) in [6, 6.07) is 10.0. The van der Waals surface area contributed by atoms with Crippen LogP contribution in [0.25, 0.3) is 0 Å². The molecule has 0 spiro atoms. The molecule has 2 fully saturated rings. The Balaban J connectivity index is 0.00000641. The second kappa shape index (κ2) is 21.1. The number of carbonyl (C=O) groups excluding carboxylic acids is 6. The van der Waals surface area contributed by atoms with Gasteiger partial charge in [-0.2, -0.15) is 0 Å². The van der Waals surface area contributed by atoms with Gasteiger partial charge < -0.3 is 29.5 Å². The van der Waals surface area contributed by atoms with Gasteiger partial charge in [0.25, 0.3) is 5.91 Å². The molecule has 1 aromatic heterocycles. The molecule has 1 aliphatic carbocycles. The number of hydrogen-bond donors (Lipinski definition) is 2. The molecule has 2 atom stereocenters. The van der Waals surface area contributed by atoms with Crippen molar-refractivity contribution in [3.05, 3.63) is 70.7 Å². The number of likely N-dealkylation sites (N-methyl/N-ethyl adjacent to an activating group) is 1. The molecule has 1 saturated heterocycles. The summed E-state index contributed by atoms with van der Waals surface area (Å²) in [5, 5.41) is 5.25. The van der Waals surface area contributed by atoms with Gasteiger partial charge in [-0.1, -0.05) is 50.8 Å². The minimum atomic E-state index is -0.711. The number of benzene rings is 2. The zero-order valence-corrected chi connectivity index (χ0v) is 36.7. The van der Waals surface area contributed by atoms with Gasteiger partial charge in [0.2, 0.25) is 23.6 Å². The second-order valence-electron chi connectivity index (χ2n) is 16.4. The fourth-order valence-electron chi connectivity index (χ4n) is 9.08. The van der Waals surface area contributed by atoms with E-state index in [9.17, 15) is 28.8 Å². The van der Waals surface area contributed by atoms with E-state index in [0.717, 1.165) is 62.0 Å². The molecule has 3 aliphatic heterocycles. The predicted molar refractivity (Wildman–Crippen MR) is 236 cm³/mol. The number of Topliss-reactive ketones (excluding diaryl/α,β-unsaturated/α-hetero) is 1. The summed E-state index contributed by atoms with van der Waals surface area (Å²) in [6.07, 6.45) is 12.4. The van der Waals surface area contributed by atoms with Crippen molar-refractivity contribution in [2.24, 2.45) is 0 Å². The van der Waals surface area contributed by atoms with Crippen LogP contribution in [0.2, 0.25) is 0 Å². The topological polar surface area (TPSA) is 180 Å². The summed E-state index contributed by atoms with van der Waals surface area (Å²) in [4.78, 5) is 91.3. The number of anilines is 3. The summed E-state index contributed by atoms with van der Waals surface area (Å²) < 4.78 is 11.5. The Morgan fingerprint density at radius 2 is 1.73 bits per heavy atom. The number of imide groups is 1. The van der Waals surface area contributed by atoms with Gasteiger partial charge in [0.05, 0.1) is 13.3 Å². The summed E-state index contributed by atoms with van der Waals surface area (Å²) >= 11 is 0. The number of ketones is 1. The first-order chi connectivity index (χ1) is 29.6. The number of nitrogens with one attached hydrogen (secondary N) is 2. The van der Waals surface area contributed by atoms with Gasteiger partial charge in [-0.25, -0.2) is 9.97 Å². The number of carbonyl (C=O) groups is 6. The van der Waals surface area contributed by atoms with Crippen LogP contribution in [0.4, 0.5) is 17.2 Å². The molecular formula is C46H58ClN7O8. The van der Waals surface area contributed by atoms with Crippen LogP contribution in [0.3, 0.4) is 0 Å². The smallest absolute Gasteiger partial charge is 0.255 e. The second-order valence-corrected chi connectivity index (χ2v) is 16.4. The minimum absolute atomic E-state index is 0. The minimum Gasteiger partial charge on any atom is -0.496 e. The number of piperidine rings is 1. The molecule has 2 aromatic carbocycles. The summed E-state index contributed by atoms with van der Waals surface area (Å²) in [7, 11) is 3.39. The van der Waals surface area contributed by atoms with Gasteiger partial charge in [-0.3, -0.25) is 34.1 Å². The number of fused-ring (bicyclic) bond motifs is 2. The average molecular weight is 872 g/mol. The number of nitrogens with zero attached hydrogens (tertiary/aromatic N) is 5. The molecule has 3 aromatic rings. The van der Waals surface area contributed by atoms with Crippen LogP contribution in [0.5, 0.6) is 5.75 Å². The van der Waals surface area contributed by atoms with Gasteiger partial charge in [-0.05, 0) is 63.1 Å². The van der Waals surface area contributed by atoms with E-state index in [4.69, 9.17) is 14.5 Å². The number of ether oxygens (including phenoxy) is 2. The van der Waals surface area contributed by atoms with Crippen molar-refractivity contribution in [2.45, 2.75) is 128 Å². The third-order valence-corrected chi connectivity index (χ3v) is 12.4. The van der Waals surface area contributed by atoms with Crippen LogP contribution in [0, 0.1) is 0 Å². The van der Waals surface area contributed by atoms with Crippen LogP contribution < -0.4 is 25.2 Å². The van der Waals surface area contributed by atoms with E-state index in [2.05, 4.69) is 27.4 Å². The Hall–Kier alpha value is -5.41. The lowest BCUT2D eigenvalue weighted by atomic mass is 10.0. The zero-order valence-electron chi connectivity index (χ0n) is 35.9. The third-order valence-electron chi connectivity index (χ3n) is 12.4. The number of amides is 5. The maximum Gasteiger partial charge on any atom is 0.255 e. The molecule has 62 heavy (non-hydrogen) atoms. The Bertz CT molecular complexity index is 2160. The molecule has 1 saturated carbocycles. The Labute approximate surface area is 369 Å². The number of methoxy groups -OCH3 is 1. The molecule has 4 aliphatic rings. The Morgan fingerprint density at radius 3 is 2.48 bits per heavy atom. The van der Waals surface area contributed by atoms with E-state index in [1.165, 1.54) is 4.90 Å². The standard InChI is InChI=1S/C46H57N7O8.ClH/c1-4-35-46(59)51(2)37-27-47-40(49-43(37)53(35)31-13-8-9-14-31)26-30-20-19-29(25-39(30)60-3)38(54)17-12-24-61-23-10-6-5-7-18-41(55)48-34-16-11-15-32-33(34)28-52(45(32)58)36-21-22-42(56)50-44(36)57;/h11,15-16,19-20,25,27,31,35-36H,4-10,12-14,17-18,21-24,26,28H2,1-3H3,(H,48,55)(H,50,56,57);1H/t35-,36?;/m1./s1. The van der Waals surface area contributed by atoms with Gasteiger partial charge in [-0.15, -0.1) is 12.4 Å². The van der Waals surface area contributed by atoms with Crippen LogP contribution >= 0.6 is 12.4 Å². The summed E-state index contributed by atoms with van der Waals surface area (Å²) in [5.41, 5.74) is 3.89. The van der Waals surface area contributed by atoms with Crippen LogP contribution in [0.15, 0.2) is 42.6 Å². The first-order valence-corrected chi connectivity index (χ1v) is 21.8. The molecule has 2 N–H and O–H groups in total. The molecule has 5 amide bonds. The maximum absolute atomic E-state index is 13.3. The highest BCUT2D eigenvalue weighted by atomic mass is 35.5. The highest BCUT2D eigenvalue weighted by Crippen LogP contribution is 2.40. The number of unbranched alkanes of at least 4 members (excludes halogenated alkanes) is 3. The van der Waals surface area contributed by atoms with Crippen molar-refractivity contribution in [3.63, 3.8) is 0 Å². The van der Waals surface area contributed by atoms with Crippen molar-refractivity contribution >= 4 is 64.9 Å². The molecule has 0 bridgehead atoms. The first-order valence-electron chi connectivity index (χ1n) is 21.8. The average Bonchev–Trinajstić information content (AvgIpc) is 3.91. The summed E-state index contributed by atoms with van der Waals surface area (Å²) in [6.45, 7) is 3.30. The molecular weight excluding hydrogens is 814 g/mol. The van der Waals surface area contributed by atoms with E-state index in [1.54, 1.807) is 49.5 Å². The normalized spacial score (nSPS) is 18.7. The van der Waals surface area contributed by atoms with Crippen molar-refractivity contribution in [2.75, 3.05) is 42.5 Å². The number of hydrogen-bond acceptors (Lipinski definition) is 11. The molecule has 4 heterocycles. The molecule has 7 rings (SSSR count). The van der Waals surface area contributed by atoms with Gasteiger partial charge in [0.1, 0.15) is 29.3 Å². The van der Waals surface area contributed by atoms with E-state index in [1.807, 2.05) is 12.1 Å². The van der Waals surface area contributed by atoms with Gasteiger partial charge in [0, 0.05) is 86.5 Å². The van der Waals surface area contributed by atoms with Crippen molar-refractivity contribution in [1.29, 1.82) is 0 Å². The SMILES string of the molecule is CC[C@@H]1C(=O)N(C)c2cnc(Cc3ccc(C(=O)CCCOCCCCCCC(=O)Nc4cccc5c4CN(C4CCC(=O)NC4=O)C5=O)cc3OC)nc2N1C1CCCC1.Cl. The first kappa shape index (κ1) is 46.1. The van der Waals surface area contributed by atoms with Crippen LogP contribution in [0.1, 0.15) is 134 Å². The maximum atomic E-state index is 13.3. The third kappa shape index (κ3) is 10.3. The Kier molecular flexibility index (Phi) is 15.7. The van der Waals surface area contributed by atoms with Crippen LogP contribution in [-0.2, 0) is 36.9 Å². The van der Waals surface area contributed by atoms with Gasteiger partial charge in [0.15, 0.2) is 11.6 Å². The fraction of sp³-hybridized carbons (Fsp3) is 0.522. The number of aromatic nitrogens is 2. The molecule has 15 nitrogen and oxygen atoms in total. The molecule has 332 valence electrons. The van der Waals surface area contributed by atoms with E-state index >= 15 is 0 Å². The monoisotopic (exact) mass is 871 g/mol. The lowest BCUT2D eigenvalue weighted by Gasteiger charge is -2.43.